The van der Waals surface area contributed by atoms with E-state index >= 15 is 0 Å². The highest BCUT2D eigenvalue weighted by Crippen LogP contribution is 2.48. The highest BCUT2D eigenvalue weighted by Gasteiger charge is 2.39. The molecule has 0 aromatic rings. The van der Waals surface area contributed by atoms with Crippen molar-refractivity contribution in [3.05, 3.63) is 0 Å². The average molecular weight is 141 g/mol. The van der Waals surface area contributed by atoms with E-state index < -0.39 is 0 Å². The van der Waals surface area contributed by atoms with Crippen LogP contribution in [-0.2, 0) is 4.79 Å². The Morgan fingerprint density at radius 1 is 1.50 bits per heavy atom. The van der Waals surface area contributed by atoms with E-state index in [-0.39, 0.29) is 5.91 Å². The first-order chi connectivity index (χ1) is 4.53. The van der Waals surface area contributed by atoms with Gasteiger partial charge >= 0.3 is 0 Å². The molecule has 1 aliphatic carbocycles. The van der Waals surface area contributed by atoms with Gasteiger partial charge in [-0.05, 0) is 18.3 Å². The van der Waals surface area contributed by atoms with E-state index in [0.717, 1.165) is 6.42 Å². The molecule has 0 bridgehead atoms. The Labute approximate surface area is 62.2 Å². The van der Waals surface area contributed by atoms with Crippen molar-refractivity contribution in [3.8, 4) is 0 Å². The maximum absolute atomic E-state index is 11.1. The van der Waals surface area contributed by atoms with Crippen LogP contribution < -0.4 is 0 Å². The van der Waals surface area contributed by atoms with Crippen molar-refractivity contribution in [2.75, 3.05) is 14.1 Å². The Morgan fingerprint density at radius 3 is 2.30 bits per heavy atom. The summed E-state index contributed by atoms with van der Waals surface area (Å²) in [6.45, 7) is 2.17. The molecule has 0 aliphatic heterocycles. The molecule has 1 fully saturated rings. The first-order valence-corrected chi connectivity index (χ1v) is 3.74. The van der Waals surface area contributed by atoms with Crippen LogP contribution >= 0.6 is 0 Å². The maximum atomic E-state index is 11.1. The number of hydrogen-bond donors (Lipinski definition) is 0. The van der Waals surface area contributed by atoms with Gasteiger partial charge in [0.1, 0.15) is 0 Å². The summed E-state index contributed by atoms with van der Waals surface area (Å²) in [6, 6.07) is 0. The van der Waals surface area contributed by atoms with E-state index in [2.05, 4.69) is 6.92 Å². The van der Waals surface area contributed by atoms with Crippen LogP contribution in [0, 0.1) is 5.41 Å². The first kappa shape index (κ1) is 7.58. The van der Waals surface area contributed by atoms with E-state index in [1.54, 1.807) is 4.90 Å². The summed E-state index contributed by atoms with van der Waals surface area (Å²) in [4.78, 5) is 12.8. The Hall–Kier alpha value is -0.530. The number of carbonyl (C=O) groups is 1. The molecule has 58 valence electrons. The maximum Gasteiger partial charge on any atom is 0.222 e. The normalized spacial score (nSPS) is 20.3. The van der Waals surface area contributed by atoms with E-state index in [1.165, 1.54) is 12.8 Å². The lowest BCUT2D eigenvalue weighted by molar-refractivity contribution is -0.129. The third-order valence-electron chi connectivity index (χ3n) is 2.18. The Balaban J connectivity index is 2.31. The molecule has 0 atom stereocenters. The lowest BCUT2D eigenvalue weighted by atomic mass is 10.1. The number of hydrogen-bond acceptors (Lipinski definition) is 1. The van der Waals surface area contributed by atoms with Crippen LogP contribution in [0.1, 0.15) is 26.2 Å². The van der Waals surface area contributed by atoms with Gasteiger partial charge in [0, 0.05) is 20.5 Å². The summed E-state index contributed by atoms with van der Waals surface area (Å²) in [5, 5.41) is 0. The molecule has 0 radical (unpaired) electrons. The van der Waals surface area contributed by atoms with E-state index in [4.69, 9.17) is 0 Å². The van der Waals surface area contributed by atoms with Crippen molar-refractivity contribution in [3.63, 3.8) is 0 Å². The van der Waals surface area contributed by atoms with Crippen LogP contribution in [0.4, 0.5) is 0 Å². The van der Waals surface area contributed by atoms with Crippen LogP contribution in [0.3, 0.4) is 0 Å². The van der Waals surface area contributed by atoms with E-state index in [0.29, 0.717) is 5.41 Å². The van der Waals surface area contributed by atoms with Gasteiger partial charge in [-0.1, -0.05) is 6.92 Å². The zero-order chi connectivity index (χ0) is 7.78. The largest absolute Gasteiger partial charge is 0.349 e. The van der Waals surface area contributed by atoms with Gasteiger partial charge in [0.2, 0.25) is 5.91 Å². The van der Waals surface area contributed by atoms with Crippen molar-refractivity contribution in [2.24, 2.45) is 5.41 Å². The van der Waals surface area contributed by atoms with Crippen LogP contribution in [0.15, 0.2) is 0 Å². The van der Waals surface area contributed by atoms with Gasteiger partial charge in [0.15, 0.2) is 0 Å². The average Bonchev–Trinajstić information content (AvgIpc) is 2.47. The molecule has 0 aromatic heterocycles. The predicted molar refractivity (Wildman–Crippen MR) is 40.7 cm³/mol. The molecule has 0 unspecified atom stereocenters. The minimum atomic E-state index is 0.264. The smallest absolute Gasteiger partial charge is 0.222 e. The summed E-state index contributed by atoms with van der Waals surface area (Å²) < 4.78 is 0. The van der Waals surface area contributed by atoms with Gasteiger partial charge in [-0.3, -0.25) is 4.79 Å². The van der Waals surface area contributed by atoms with Crippen molar-refractivity contribution >= 4 is 5.91 Å². The summed E-state index contributed by atoms with van der Waals surface area (Å²) in [7, 11) is 3.63. The van der Waals surface area contributed by atoms with Gasteiger partial charge in [0.25, 0.3) is 0 Å². The molecule has 1 amide bonds. The number of carbonyl (C=O) groups excluding carboxylic acids is 1. The lowest BCUT2D eigenvalue weighted by Crippen LogP contribution is -2.23. The minimum absolute atomic E-state index is 0.264. The second-order valence-electron chi connectivity index (χ2n) is 3.78. The Bertz CT molecular complexity index is 147. The molecule has 0 heterocycles. The predicted octanol–water partition coefficient (Wildman–Crippen LogP) is 1.26. The molecule has 0 spiro atoms. The van der Waals surface area contributed by atoms with Gasteiger partial charge < -0.3 is 4.90 Å². The molecule has 0 aromatic carbocycles. The molecule has 1 saturated carbocycles. The van der Waals surface area contributed by atoms with E-state index in [9.17, 15) is 4.79 Å². The number of nitrogens with zero attached hydrogens (tertiary/aromatic N) is 1. The molecular formula is C8H15NO. The van der Waals surface area contributed by atoms with Crippen LogP contribution in [-0.4, -0.2) is 24.9 Å². The summed E-state index contributed by atoms with van der Waals surface area (Å²) in [6.07, 6.45) is 3.19. The third kappa shape index (κ3) is 1.72. The van der Waals surface area contributed by atoms with Crippen molar-refractivity contribution in [2.45, 2.75) is 26.2 Å². The molecule has 0 saturated heterocycles. The second-order valence-corrected chi connectivity index (χ2v) is 3.78. The molecular weight excluding hydrogens is 126 g/mol. The lowest BCUT2D eigenvalue weighted by Gasteiger charge is -2.12. The van der Waals surface area contributed by atoms with E-state index in [1.807, 2.05) is 14.1 Å². The summed E-state index contributed by atoms with van der Waals surface area (Å²) in [5.41, 5.74) is 0.362. The fourth-order valence-electron chi connectivity index (χ4n) is 0.913. The monoisotopic (exact) mass is 141 g/mol. The minimum Gasteiger partial charge on any atom is -0.349 e. The first-order valence-electron chi connectivity index (χ1n) is 3.74. The molecule has 2 heteroatoms. The number of rotatable bonds is 2. The fourth-order valence-corrected chi connectivity index (χ4v) is 0.913. The molecule has 0 N–H and O–H groups in total. The topological polar surface area (TPSA) is 20.3 Å². The zero-order valence-corrected chi connectivity index (χ0v) is 6.98. The SMILES string of the molecule is CN(C)C(=O)CC1(C)CC1. The molecule has 1 aliphatic rings. The van der Waals surface area contributed by atoms with Crippen LogP contribution in [0.2, 0.25) is 0 Å². The van der Waals surface area contributed by atoms with Crippen molar-refractivity contribution in [1.29, 1.82) is 0 Å². The summed E-state index contributed by atoms with van der Waals surface area (Å²) >= 11 is 0. The van der Waals surface area contributed by atoms with Gasteiger partial charge in [-0.25, -0.2) is 0 Å². The molecule has 1 rings (SSSR count). The third-order valence-corrected chi connectivity index (χ3v) is 2.18. The van der Waals surface area contributed by atoms with Crippen molar-refractivity contribution < 1.29 is 4.79 Å². The highest BCUT2D eigenvalue weighted by atomic mass is 16.2. The highest BCUT2D eigenvalue weighted by molar-refractivity contribution is 5.76. The van der Waals surface area contributed by atoms with Gasteiger partial charge in [-0.2, -0.15) is 0 Å². The van der Waals surface area contributed by atoms with Gasteiger partial charge in [0.05, 0.1) is 0 Å². The van der Waals surface area contributed by atoms with Crippen molar-refractivity contribution in [1.82, 2.24) is 4.90 Å². The zero-order valence-electron chi connectivity index (χ0n) is 6.98. The summed E-state index contributed by atoms with van der Waals surface area (Å²) in [5.74, 6) is 0.264. The van der Waals surface area contributed by atoms with Crippen LogP contribution in [0.5, 0.6) is 0 Å². The quantitative estimate of drug-likeness (QED) is 0.567. The number of amides is 1. The second kappa shape index (κ2) is 2.26. The Morgan fingerprint density at radius 2 is 2.00 bits per heavy atom. The van der Waals surface area contributed by atoms with Crippen LogP contribution in [0.25, 0.3) is 0 Å². The molecule has 10 heavy (non-hydrogen) atoms. The standard InChI is InChI=1S/C8H15NO/c1-8(4-5-8)6-7(10)9(2)3/h4-6H2,1-3H3. The fraction of sp³-hybridized carbons (Fsp3) is 0.875. The molecule has 2 nitrogen and oxygen atoms in total. The Kier molecular flexibility index (Phi) is 1.71. The van der Waals surface area contributed by atoms with Gasteiger partial charge in [-0.15, -0.1) is 0 Å².